The van der Waals surface area contributed by atoms with Crippen molar-refractivity contribution in [2.75, 3.05) is 30.5 Å². The van der Waals surface area contributed by atoms with Gasteiger partial charge in [-0.3, -0.25) is 14.5 Å². The molecule has 11 heteroatoms. The number of amides is 2. The van der Waals surface area contributed by atoms with E-state index in [0.717, 1.165) is 5.56 Å². The molecule has 1 unspecified atom stereocenters. The van der Waals surface area contributed by atoms with Gasteiger partial charge in [0.1, 0.15) is 11.8 Å². The van der Waals surface area contributed by atoms with Crippen LogP contribution in [-0.2, 0) is 20.7 Å². The number of nitrogens with zero attached hydrogens (tertiary/aromatic N) is 2. The van der Waals surface area contributed by atoms with Gasteiger partial charge in [-0.1, -0.05) is 29.3 Å². The molecule has 0 bridgehead atoms. The van der Waals surface area contributed by atoms with E-state index >= 15 is 0 Å². The van der Waals surface area contributed by atoms with E-state index in [9.17, 15) is 14.4 Å². The average Bonchev–Trinajstić information content (AvgIpc) is 3.17. The van der Waals surface area contributed by atoms with Gasteiger partial charge in [0.25, 0.3) is 5.91 Å². The van der Waals surface area contributed by atoms with Crippen molar-refractivity contribution in [3.63, 3.8) is 0 Å². The minimum atomic E-state index is -0.846. The molecule has 1 fully saturated rings. The Morgan fingerprint density at radius 1 is 1.02 bits per heavy atom. The maximum Gasteiger partial charge on any atom is 0.338 e. The first kappa shape index (κ1) is 29.3. The third-order valence-electron chi connectivity index (χ3n) is 6.34. The molecule has 1 saturated heterocycles. The molecule has 2 amide bonds. The molecule has 4 rings (SSSR count). The number of rotatable bonds is 10. The summed E-state index contributed by atoms with van der Waals surface area (Å²) in [5, 5.41) is 4.10. The second-order valence-corrected chi connectivity index (χ2v) is 10.1. The zero-order valence-electron chi connectivity index (χ0n) is 21.9. The fourth-order valence-electron chi connectivity index (χ4n) is 4.31. The molecular weight excluding hydrogens is 573 g/mol. The molecule has 0 aliphatic carbocycles. The van der Waals surface area contributed by atoms with Crippen LogP contribution in [-0.4, -0.2) is 54.1 Å². The van der Waals surface area contributed by atoms with Crippen molar-refractivity contribution < 1.29 is 23.9 Å². The molecule has 1 aliphatic heterocycles. The van der Waals surface area contributed by atoms with Crippen LogP contribution in [0.5, 0.6) is 5.75 Å². The van der Waals surface area contributed by atoms with E-state index in [0.29, 0.717) is 45.7 Å². The molecule has 40 heavy (non-hydrogen) atoms. The van der Waals surface area contributed by atoms with E-state index in [-0.39, 0.29) is 30.0 Å². The highest BCUT2D eigenvalue weighted by Gasteiger charge is 2.44. The molecule has 0 aromatic heterocycles. The van der Waals surface area contributed by atoms with Crippen LogP contribution in [0.2, 0.25) is 10.0 Å². The molecular formula is C29H27Cl2N3O5S. The normalized spacial score (nSPS) is 14.8. The number of esters is 1. The SMILES string of the molecule is CCOC(=O)c1ccc(N2C(=O)C(CC(=O)Nc3ccc(OC)cc3)N(CCc3ccc(Cl)cc3Cl)C2=S)cc1. The van der Waals surface area contributed by atoms with Gasteiger partial charge in [0.15, 0.2) is 5.11 Å². The minimum Gasteiger partial charge on any atom is -0.497 e. The molecule has 208 valence electrons. The zero-order valence-corrected chi connectivity index (χ0v) is 24.2. The number of anilines is 2. The van der Waals surface area contributed by atoms with Crippen molar-refractivity contribution in [2.24, 2.45) is 0 Å². The van der Waals surface area contributed by atoms with Gasteiger partial charge in [0.05, 0.1) is 31.4 Å². The number of hydrogen-bond acceptors (Lipinski definition) is 6. The lowest BCUT2D eigenvalue weighted by Gasteiger charge is -2.24. The van der Waals surface area contributed by atoms with Crippen molar-refractivity contribution in [3.05, 3.63) is 87.9 Å². The first-order valence-electron chi connectivity index (χ1n) is 12.5. The summed E-state index contributed by atoms with van der Waals surface area (Å²) in [5.41, 5.74) is 2.24. The molecule has 1 atom stereocenters. The highest BCUT2D eigenvalue weighted by Crippen LogP contribution is 2.29. The van der Waals surface area contributed by atoms with Crippen molar-refractivity contribution in [2.45, 2.75) is 25.8 Å². The Morgan fingerprint density at radius 3 is 2.35 bits per heavy atom. The van der Waals surface area contributed by atoms with Crippen LogP contribution in [0.1, 0.15) is 29.3 Å². The van der Waals surface area contributed by atoms with Gasteiger partial charge in [-0.25, -0.2) is 4.79 Å². The van der Waals surface area contributed by atoms with Gasteiger partial charge in [-0.15, -0.1) is 0 Å². The molecule has 3 aromatic carbocycles. The summed E-state index contributed by atoms with van der Waals surface area (Å²) in [4.78, 5) is 41.9. The predicted octanol–water partition coefficient (Wildman–Crippen LogP) is 5.75. The van der Waals surface area contributed by atoms with E-state index in [1.807, 2.05) is 6.07 Å². The third kappa shape index (κ3) is 6.72. The largest absolute Gasteiger partial charge is 0.497 e. The molecule has 0 radical (unpaired) electrons. The summed E-state index contributed by atoms with van der Waals surface area (Å²) in [5.74, 6) is -0.494. The molecule has 8 nitrogen and oxygen atoms in total. The number of carbonyl (C=O) groups is 3. The maximum atomic E-state index is 13.7. The summed E-state index contributed by atoms with van der Waals surface area (Å²) in [6.45, 7) is 2.32. The van der Waals surface area contributed by atoms with Crippen LogP contribution in [0.4, 0.5) is 11.4 Å². The molecule has 1 N–H and O–H groups in total. The number of hydrogen-bond donors (Lipinski definition) is 1. The second kappa shape index (κ2) is 13.1. The number of carbonyl (C=O) groups excluding carboxylic acids is 3. The molecule has 1 heterocycles. The van der Waals surface area contributed by atoms with E-state index < -0.39 is 12.0 Å². The van der Waals surface area contributed by atoms with Crippen molar-refractivity contribution in [3.8, 4) is 5.75 Å². The standard InChI is InChI=1S/C29H27Cl2N3O5S/c1-3-39-28(37)19-5-10-22(11-6-19)34-27(36)25(17-26(35)32-21-8-12-23(38-2)13-9-21)33(29(34)40)15-14-18-4-7-20(30)16-24(18)31/h4-13,16,25H,3,14-15,17H2,1-2H3,(H,32,35). The van der Waals surface area contributed by atoms with Crippen LogP contribution in [0.25, 0.3) is 0 Å². The van der Waals surface area contributed by atoms with Crippen LogP contribution in [0.15, 0.2) is 66.7 Å². The maximum absolute atomic E-state index is 13.7. The Bertz CT molecular complexity index is 1420. The summed E-state index contributed by atoms with van der Waals surface area (Å²) in [6, 6.07) is 17.7. The summed E-state index contributed by atoms with van der Waals surface area (Å²) >= 11 is 18.2. The van der Waals surface area contributed by atoms with Gasteiger partial charge in [-0.05, 0) is 91.8 Å². The minimum absolute atomic E-state index is 0.128. The summed E-state index contributed by atoms with van der Waals surface area (Å²) < 4.78 is 10.2. The van der Waals surface area contributed by atoms with Crippen molar-refractivity contribution in [1.82, 2.24) is 4.90 Å². The van der Waals surface area contributed by atoms with Gasteiger partial charge < -0.3 is 19.7 Å². The number of halogens is 2. The highest BCUT2D eigenvalue weighted by molar-refractivity contribution is 7.80. The number of ether oxygens (including phenoxy) is 2. The first-order valence-corrected chi connectivity index (χ1v) is 13.7. The molecule has 1 aliphatic rings. The lowest BCUT2D eigenvalue weighted by molar-refractivity contribution is -0.124. The van der Waals surface area contributed by atoms with E-state index in [2.05, 4.69) is 5.32 Å². The van der Waals surface area contributed by atoms with E-state index in [1.54, 1.807) is 79.6 Å². The zero-order chi connectivity index (χ0) is 28.8. The van der Waals surface area contributed by atoms with Crippen molar-refractivity contribution in [1.29, 1.82) is 0 Å². The quantitative estimate of drug-likeness (QED) is 0.234. The van der Waals surface area contributed by atoms with E-state index in [4.69, 9.17) is 44.9 Å². The van der Waals surface area contributed by atoms with Gasteiger partial charge >= 0.3 is 5.97 Å². The smallest absolute Gasteiger partial charge is 0.338 e. The predicted molar refractivity (Wildman–Crippen MR) is 159 cm³/mol. The van der Waals surface area contributed by atoms with Crippen LogP contribution >= 0.6 is 35.4 Å². The van der Waals surface area contributed by atoms with Crippen LogP contribution in [0, 0.1) is 0 Å². The Morgan fingerprint density at radius 2 is 1.73 bits per heavy atom. The summed E-state index contributed by atoms with van der Waals surface area (Å²) in [6.07, 6.45) is 0.340. The van der Waals surface area contributed by atoms with Crippen molar-refractivity contribution >= 4 is 69.7 Å². The Hall–Kier alpha value is -3.66. The third-order valence-corrected chi connectivity index (χ3v) is 7.35. The van der Waals surface area contributed by atoms with Crippen LogP contribution in [0.3, 0.4) is 0 Å². The Kier molecular flexibility index (Phi) is 9.63. The second-order valence-electron chi connectivity index (χ2n) is 8.90. The lowest BCUT2D eigenvalue weighted by atomic mass is 10.1. The number of thiocarbonyl (C=S) groups is 1. The summed E-state index contributed by atoms with van der Waals surface area (Å²) in [7, 11) is 1.56. The Labute approximate surface area is 247 Å². The average molecular weight is 601 g/mol. The molecule has 0 spiro atoms. The number of benzene rings is 3. The fraction of sp³-hybridized carbons (Fsp3) is 0.241. The highest BCUT2D eigenvalue weighted by atomic mass is 35.5. The first-order chi connectivity index (χ1) is 19.2. The van der Waals surface area contributed by atoms with Gasteiger partial charge in [-0.2, -0.15) is 0 Å². The van der Waals surface area contributed by atoms with Gasteiger partial charge in [0, 0.05) is 22.3 Å². The lowest BCUT2D eigenvalue weighted by Crippen LogP contribution is -2.39. The fourth-order valence-corrected chi connectivity index (χ4v) is 5.23. The number of nitrogens with one attached hydrogen (secondary N) is 1. The van der Waals surface area contributed by atoms with Gasteiger partial charge in [0.2, 0.25) is 5.91 Å². The monoisotopic (exact) mass is 599 g/mol. The topological polar surface area (TPSA) is 88.2 Å². The molecule has 0 saturated carbocycles. The molecule has 3 aromatic rings. The Balaban J connectivity index is 1.56. The number of methoxy groups -OCH3 is 1. The van der Waals surface area contributed by atoms with Crippen LogP contribution < -0.4 is 15.0 Å². The van der Waals surface area contributed by atoms with E-state index in [1.165, 1.54) is 4.90 Å².